The van der Waals surface area contributed by atoms with E-state index in [2.05, 4.69) is 17.6 Å². The number of rotatable bonds is 6. The number of unbranched alkanes of at least 4 members (excludes halogenated alkanes) is 1. The molecule has 0 heterocycles. The SMILES string of the molecule is CCCCNc1cc(O)c(NC(=O)c2ccccc2)cc1Cl. The van der Waals surface area contributed by atoms with Gasteiger partial charge in [0.2, 0.25) is 0 Å². The Bertz CT molecular complexity index is 645. The molecule has 0 aromatic heterocycles. The Morgan fingerprint density at radius 3 is 2.59 bits per heavy atom. The zero-order chi connectivity index (χ0) is 15.9. The maximum absolute atomic E-state index is 12.1. The number of aromatic hydroxyl groups is 1. The summed E-state index contributed by atoms with van der Waals surface area (Å²) in [5.74, 6) is -0.314. The van der Waals surface area contributed by atoms with Crippen LogP contribution in [0.1, 0.15) is 30.1 Å². The first-order valence-electron chi connectivity index (χ1n) is 7.24. The predicted molar refractivity (Wildman–Crippen MR) is 90.9 cm³/mol. The van der Waals surface area contributed by atoms with Crippen LogP contribution < -0.4 is 10.6 Å². The van der Waals surface area contributed by atoms with E-state index in [9.17, 15) is 9.90 Å². The molecule has 2 rings (SSSR count). The molecule has 22 heavy (non-hydrogen) atoms. The van der Waals surface area contributed by atoms with Crippen LogP contribution in [0.5, 0.6) is 5.75 Å². The van der Waals surface area contributed by atoms with Gasteiger partial charge in [0.15, 0.2) is 0 Å². The topological polar surface area (TPSA) is 61.4 Å². The third kappa shape index (κ3) is 4.15. The van der Waals surface area contributed by atoms with Crippen molar-refractivity contribution in [2.24, 2.45) is 0 Å². The van der Waals surface area contributed by atoms with Crippen molar-refractivity contribution in [3.8, 4) is 5.75 Å². The van der Waals surface area contributed by atoms with E-state index in [4.69, 9.17) is 11.6 Å². The average molecular weight is 319 g/mol. The molecule has 5 heteroatoms. The predicted octanol–water partition coefficient (Wildman–Crippen LogP) is 4.51. The van der Waals surface area contributed by atoms with Crippen LogP contribution in [0.25, 0.3) is 0 Å². The van der Waals surface area contributed by atoms with E-state index in [1.807, 2.05) is 6.07 Å². The van der Waals surface area contributed by atoms with E-state index in [1.54, 1.807) is 30.3 Å². The smallest absolute Gasteiger partial charge is 0.255 e. The molecule has 116 valence electrons. The fourth-order valence-corrected chi connectivity index (χ4v) is 2.21. The van der Waals surface area contributed by atoms with Gasteiger partial charge in [-0.15, -0.1) is 0 Å². The summed E-state index contributed by atoms with van der Waals surface area (Å²) in [6.07, 6.45) is 2.09. The van der Waals surface area contributed by atoms with Gasteiger partial charge in [-0.2, -0.15) is 0 Å². The number of halogens is 1. The largest absolute Gasteiger partial charge is 0.506 e. The van der Waals surface area contributed by atoms with Crippen molar-refractivity contribution in [2.75, 3.05) is 17.2 Å². The lowest BCUT2D eigenvalue weighted by atomic mass is 10.2. The molecule has 2 aromatic carbocycles. The molecule has 0 fully saturated rings. The number of amides is 1. The van der Waals surface area contributed by atoms with Gasteiger partial charge < -0.3 is 15.7 Å². The third-order valence-electron chi connectivity index (χ3n) is 3.22. The first-order chi connectivity index (χ1) is 10.6. The van der Waals surface area contributed by atoms with E-state index in [0.29, 0.717) is 22.0 Å². The number of anilines is 2. The minimum absolute atomic E-state index is 0.0207. The Morgan fingerprint density at radius 2 is 1.91 bits per heavy atom. The molecule has 0 aliphatic heterocycles. The average Bonchev–Trinajstić information content (AvgIpc) is 2.53. The van der Waals surface area contributed by atoms with Gasteiger partial charge in [0, 0.05) is 18.2 Å². The van der Waals surface area contributed by atoms with Crippen LogP contribution in [-0.4, -0.2) is 17.6 Å². The van der Waals surface area contributed by atoms with Gasteiger partial charge in [0.1, 0.15) is 5.75 Å². The summed E-state index contributed by atoms with van der Waals surface area (Å²) in [5, 5.41) is 16.3. The summed E-state index contributed by atoms with van der Waals surface area (Å²) in [7, 11) is 0. The molecule has 0 unspecified atom stereocenters. The van der Waals surface area contributed by atoms with Crippen molar-refractivity contribution < 1.29 is 9.90 Å². The van der Waals surface area contributed by atoms with Gasteiger partial charge in [0.05, 0.1) is 16.4 Å². The summed E-state index contributed by atoms with van der Waals surface area (Å²) >= 11 is 6.18. The second kappa shape index (κ2) is 7.71. The molecule has 0 atom stereocenters. The molecule has 3 N–H and O–H groups in total. The van der Waals surface area contributed by atoms with Crippen LogP contribution >= 0.6 is 11.6 Å². The van der Waals surface area contributed by atoms with Crippen molar-refractivity contribution in [3.05, 3.63) is 53.1 Å². The number of hydrogen-bond acceptors (Lipinski definition) is 3. The van der Waals surface area contributed by atoms with Crippen LogP contribution in [0.2, 0.25) is 5.02 Å². The molecule has 0 radical (unpaired) electrons. The van der Waals surface area contributed by atoms with Crippen LogP contribution in [0, 0.1) is 0 Å². The lowest BCUT2D eigenvalue weighted by Gasteiger charge is -2.12. The molecule has 4 nitrogen and oxygen atoms in total. The van der Waals surface area contributed by atoms with Gasteiger partial charge >= 0.3 is 0 Å². The lowest BCUT2D eigenvalue weighted by Crippen LogP contribution is -2.12. The first kappa shape index (κ1) is 16.2. The summed E-state index contributed by atoms with van der Waals surface area (Å²) in [5.41, 5.74) is 1.47. The van der Waals surface area contributed by atoms with E-state index in [1.165, 1.54) is 6.07 Å². The maximum Gasteiger partial charge on any atom is 0.255 e. The fourth-order valence-electron chi connectivity index (χ4n) is 1.98. The Morgan fingerprint density at radius 1 is 1.18 bits per heavy atom. The monoisotopic (exact) mass is 318 g/mol. The highest BCUT2D eigenvalue weighted by atomic mass is 35.5. The Hall–Kier alpha value is -2.20. The molecule has 2 aromatic rings. The van der Waals surface area contributed by atoms with Gasteiger partial charge in [-0.25, -0.2) is 0 Å². The van der Waals surface area contributed by atoms with Crippen molar-refractivity contribution in [1.29, 1.82) is 0 Å². The normalized spacial score (nSPS) is 10.3. The van der Waals surface area contributed by atoms with E-state index < -0.39 is 0 Å². The zero-order valence-electron chi connectivity index (χ0n) is 12.4. The number of carbonyl (C=O) groups excluding carboxylic acids is 1. The van der Waals surface area contributed by atoms with Crippen molar-refractivity contribution in [2.45, 2.75) is 19.8 Å². The Balaban J connectivity index is 2.12. The van der Waals surface area contributed by atoms with E-state index in [-0.39, 0.29) is 11.7 Å². The number of phenols is 1. The molecule has 1 amide bonds. The van der Waals surface area contributed by atoms with Crippen LogP contribution in [0.4, 0.5) is 11.4 Å². The highest BCUT2D eigenvalue weighted by Gasteiger charge is 2.11. The zero-order valence-corrected chi connectivity index (χ0v) is 13.2. The van der Waals surface area contributed by atoms with Crippen molar-refractivity contribution >= 4 is 28.9 Å². The second-order valence-electron chi connectivity index (χ2n) is 4.95. The van der Waals surface area contributed by atoms with Crippen LogP contribution in [-0.2, 0) is 0 Å². The number of nitrogens with one attached hydrogen (secondary N) is 2. The summed E-state index contributed by atoms with van der Waals surface area (Å²) in [4.78, 5) is 12.1. The minimum atomic E-state index is -0.293. The molecule has 0 aliphatic rings. The number of benzene rings is 2. The van der Waals surface area contributed by atoms with E-state index >= 15 is 0 Å². The van der Waals surface area contributed by atoms with Crippen molar-refractivity contribution in [1.82, 2.24) is 0 Å². The highest BCUT2D eigenvalue weighted by molar-refractivity contribution is 6.33. The van der Waals surface area contributed by atoms with E-state index in [0.717, 1.165) is 19.4 Å². The molecule has 0 aliphatic carbocycles. The summed E-state index contributed by atoms with van der Waals surface area (Å²) in [6.45, 7) is 2.88. The molecule has 0 spiro atoms. The van der Waals surface area contributed by atoms with Gasteiger partial charge in [-0.1, -0.05) is 43.1 Å². The van der Waals surface area contributed by atoms with Crippen LogP contribution in [0.15, 0.2) is 42.5 Å². The molecule has 0 bridgehead atoms. The highest BCUT2D eigenvalue weighted by Crippen LogP contribution is 2.34. The fraction of sp³-hybridized carbons (Fsp3) is 0.235. The summed E-state index contributed by atoms with van der Waals surface area (Å²) in [6, 6.07) is 11.9. The van der Waals surface area contributed by atoms with Crippen molar-refractivity contribution in [3.63, 3.8) is 0 Å². The van der Waals surface area contributed by atoms with Gasteiger partial charge in [-0.3, -0.25) is 4.79 Å². The molecule has 0 saturated heterocycles. The molecular formula is C17H19ClN2O2. The Kier molecular flexibility index (Phi) is 5.67. The summed E-state index contributed by atoms with van der Waals surface area (Å²) < 4.78 is 0. The van der Waals surface area contributed by atoms with Gasteiger partial charge in [0.25, 0.3) is 5.91 Å². The Labute approximate surface area is 135 Å². The standard InChI is InChI=1S/C17H19ClN2O2/c1-2-3-9-19-14-11-16(21)15(10-13(14)18)20-17(22)12-7-5-4-6-8-12/h4-8,10-11,19,21H,2-3,9H2,1H3,(H,20,22). The number of phenolic OH excluding ortho intramolecular Hbond substituents is 1. The maximum atomic E-state index is 12.1. The second-order valence-corrected chi connectivity index (χ2v) is 5.36. The van der Waals surface area contributed by atoms with Crippen LogP contribution in [0.3, 0.4) is 0 Å². The first-order valence-corrected chi connectivity index (χ1v) is 7.62. The lowest BCUT2D eigenvalue weighted by molar-refractivity contribution is 0.102. The minimum Gasteiger partial charge on any atom is -0.506 e. The third-order valence-corrected chi connectivity index (χ3v) is 3.53. The quantitative estimate of drug-likeness (QED) is 0.542. The number of carbonyl (C=O) groups is 1. The van der Waals surface area contributed by atoms with Gasteiger partial charge in [-0.05, 0) is 24.6 Å². The number of hydrogen-bond donors (Lipinski definition) is 3. The molecular weight excluding hydrogens is 300 g/mol. The molecule has 0 saturated carbocycles.